The number of nitrogens with zero attached hydrogens (tertiary/aromatic N) is 1. The second-order valence-electron chi connectivity index (χ2n) is 6.59. The lowest BCUT2D eigenvalue weighted by Crippen LogP contribution is -3.11. The third-order valence-corrected chi connectivity index (χ3v) is 5.88. The summed E-state index contributed by atoms with van der Waals surface area (Å²) >= 11 is 1.54. The zero-order valence-electron chi connectivity index (χ0n) is 13.0. The van der Waals surface area contributed by atoms with Crippen LogP contribution in [0.1, 0.15) is 33.1 Å². The van der Waals surface area contributed by atoms with Gasteiger partial charge in [0.15, 0.2) is 0 Å². The lowest BCUT2D eigenvalue weighted by Gasteiger charge is -2.34. The van der Waals surface area contributed by atoms with Gasteiger partial charge in [-0.1, -0.05) is 23.8 Å². The topological polar surface area (TPSA) is 24.8 Å². The fraction of sp³-hybridized carbons (Fsp3) is 0.389. The van der Waals surface area contributed by atoms with Crippen LogP contribution in [0.25, 0.3) is 0 Å². The SMILES string of the molecule is Cc1ccc2c(c1)[C@@H]1C[NH+](C)CC[C@@H]1N2C(=O)c1cccs1. The van der Waals surface area contributed by atoms with Crippen molar-refractivity contribution in [1.82, 2.24) is 0 Å². The molecule has 0 radical (unpaired) electrons. The van der Waals surface area contributed by atoms with Crippen LogP contribution in [-0.2, 0) is 0 Å². The molecule has 1 fully saturated rings. The first kappa shape index (κ1) is 14.0. The summed E-state index contributed by atoms with van der Waals surface area (Å²) in [6.45, 7) is 4.40. The molecule has 3 heterocycles. The van der Waals surface area contributed by atoms with Gasteiger partial charge in [0.2, 0.25) is 0 Å². The smallest absolute Gasteiger partial charge is 0.268 e. The van der Waals surface area contributed by atoms with E-state index in [1.54, 1.807) is 4.90 Å². The highest BCUT2D eigenvalue weighted by Crippen LogP contribution is 2.43. The predicted octanol–water partition coefficient (Wildman–Crippen LogP) is 2.09. The van der Waals surface area contributed by atoms with Crippen LogP contribution < -0.4 is 9.80 Å². The number of nitrogens with one attached hydrogen (secondary N) is 1. The molecule has 4 rings (SSSR count). The number of likely N-dealkylation sites (N-methyl/N-ethyl adjacent to an activating group) is 1. The van der Waals surface area contributed by atoms with Crippen molar-refractivity contribution >= 4 is 22.9 Å². The lowest BCUT2D eigenvalue weighted by atomic mass is 9.89. The van der Waals surface area contributed by atoms with Gasteiger partial charge in [0.05, 0.1) is 37.0 Å². The van der Waals surface area contributed by atoms with Gasteiger partial charge in [0.25, 0.3) is 5.91 Å². The summed E-state index contributed by atoms with van der Waals surface area (Å²) in [6, 6.07) is 10.8. The Balaban J connectivity index is 1.80. The van der Waals surface area contributed by atoms with Gasteiger partial charge in [-0.3, -0.25) is 4.79 Å². The molecule has 22 heavy (non-hydrogen) atoms. The molecule has 0 bridgehead atoms. The van der Waals surface area contributed by atoms with E-state index < -0.39 is 0 Å². The summed E-state index contributed by atoms with van der Waals surface area (Å²) in [5.41, 5.74) is 3.79. The van der Waals surface area contributed by atoms with E-state index >= 15 is 0 Å². The molecule has 1 unspecified atom stereocenters. The van der Waals surface area contributed by atoms with Crippen molar-refractivity contribution in [2.24, 2.45) is 0 Å². The Morgan fingerprint density at radius 1 is 1.36 bits per heavy atom. The Bertz CT molecular complexity index is 710. The van der Waals surface area contributed by atoms with E-state index in [0.29, 0.717) is 12.0 Å². The molecule has 1 aromatic carbocycles. The molecule has 114 valence electrons. The second-order valence-corrected chi connectivity index (χ2v) is 7.54. The molecule has 1 aromatic heterocycles. The summed E-state index contributed by atoms with van der Waals surface area (Å²) in [4.78, 5) is 17.5. The maximum atomic E-state index is 13.0. The standard InChI is InChI=1S/C18H20N2OS/c1-12-5-6-15-13(10-12)14-11-19(2)8-7-16(14)20(15)18(21)17-4-3-9-22-17/h3-6,9-10,14,16H,7-8,11H2,1-2H3/p+1/t14-,16-/m0/s1. The molecule has 0 saturated carbocycles. The first-order valence-corrected chi connectivity index (χ1v) is 8.82. The number of fused-ring (bicyclic) bond motifs is 3. The number of quaternary nitrogens is 1. The molecule has 0 spiro atoms. The van der Waals surface area contributed by atoms with E-state index in [2.05, 4.69) is 37.1 Å². The van der Waals surface area contributed by atoms with Crippen LogP contribution in [-0.4, -0.2) is 32.1 Å². The molecule has 2 aromatic rings. The van der Waals surface area contributed by atoms with Crippen LogP contribution in [0.3, 0.4) is 0 Å². The monoisotopic (exact) mass is 313 g/mol. The number of amides is 1. The van der Waals surface area contributed by atoms with Gasteiger partial charge in [-0.25, -0.2) is 0 Å². The molecule has 2 aliphatic heterocycles. The van der Waals surface area contributed by atoms with E-state index in [-0.39, 0.29) is 5.91 Å². The highest BCUT2D eigenvalue weighted by molar-refractivity contribution is 7.12. The highest BCUT2D eigenvalue weighted by atomic mass is 32.1. The molecule has 3 atom stereocenters. The van der Waals surface area contributed by atoms with Crippen LogP contribution >= 0.6 is 11.3 Å². The Hall–Kier alpha value is -1.65. The summed E-state index contributed by atoms with van der Waals surface area (Å²) in [7, 11) is 2.26. The maximum Gasteiger partial charge on any atom is 0.268 e. The van der Waals surface area contributed by atoms with Crippen molar-refractivity contribution in [2.75, 3.05) is 25.0 Å². The van der Waals surface area contributed by atoms with Gasteiger partial charge < -0.3 is 9.80 Å². The summed E-state index contributed by atoms with van der Waals surface area (Å²) in [6.07, 6.45) is 1.08. The number of likely N-dealkylation sites (tertiary alicyclic amines) is 1. The van der Waals surface area contributed by atoms with E-state index in [1.165, 1.54) is 22.5 Å². The van der Waals surface area contributed by atoms with Crippen LogP contribution in [0.2, 0.25) is 0 Å². The average molecular weight is 313 g/mol. The van der Waals surface area contributed by atoms with Gasteiger partial charge in [0, 0.05) is 12.1 Å². The van der Waals surface area contributed by atoms with Crippen LogP contribution in [0.15, 0.2) is 35.7 Å². The van der Waals surface area contributed by atoms with Crippen molar-refractivity contribution in [2.45, 2.75) is 25.3 Å². The highest BCUT2D eigenvalue weighted by Gasteiger charge is 2.45. The van der Waals surface area contributed by atoms with Crippen molar-refractivity contribution in [3.8, 4) is 0 Å². The van der Waals surface area contributed by atoms with Crippen molar-refractivity contribution in [1.29, 1.82) is 0 Å². The Kier molecular flexibility index (Phi) is 3.31. The number of carbonyl (C=O) groups is 1. The van der Waals surface area contributed by atoms with Gasteiger partial charge in [-0.05, 0) is 30.0 Å². The Labute approximate surface area is 135 Å². The third-order valence-electron chi connectivity index (χ3n) is 5.02. The van der Waals surface area contributed by atoms with Crippen molar-refractivity contribution in [3.63, 3.8) is 0 Å². The minimum absolute atomic E-state index is 0.173. The lowest BCUT2D eigenvalue weighted by molar-refractivity contribution is -0.886. The normalized spacial score (nSPS) is 26.6. The number of carbonyl (C=O) groups excluding carboxylic acids is 1. The third kappa shape index (κ3) is 2.09. The fourth-order valence-electron chi connectivity index (χ4n) is 3.98. The Morgan fingerprint density at radius 3 is 3.00 bits per heavy atom. The molecular formula is C18H21N2OS+. The average Bonchev–Trinajstić information content (AvgIpc) is 3.13. The number of thiophene rings is 1. The van der Waals surface area contributed by atoms with Crippen molar-refractivity contribution < 1.29 is 9.69 Å². The minimum atomic E-state index is 0.173. The predicted molar refractivity (Wildman–Crippen MR) is 90.1 cm³/mol. The van der Waals surface area contributed by atoms with E-state index in [4.69, 9.17) is 0 Å². The fourth-order valence-corrected chi connectivity index (χ4v) is 4.64. The largest absolute Gasteiger partial charge is 0.337 e. The summed E-state index contributed by atoms with van der Waals surface area (Å²) in [5.74, 6) is 0.653. The van der Waals surface area contributed by atoms with Gasteiger partial charge in [0.1, 0.15) is 0 Å². The second kappa shape index (κ2) is 5.21. The molecule has 2 aliphatic rings. The number of hydrogen-bond donors (Lipinski definition) is 1. The van der Waals surface area contributed by atoms with Gasteiger partial charge >= 0.3 is 0 Å². The first-order chi connectivity index (χ1) is 10.6. The zero-order valence-corrected chi connectivity index (χ0v) is 13.8. The van der Waals surface area contributed by atoms with Crippen LogP contribution in [0, 0.1) is 6.92 Å². The van der Waals surface area contributed by atoms with Crippen LogP contribution in [0.5, 0.6) is 0 Å². The first-order valence-electron chi connectivity index (χ1n) is 7.94. The zero-order chi connectivity index (χ0) is 15.3. The van der Waals surface area contributed by atoms with Gasteiger partial charge in [-0.15, -0.1) is 11.3 Å². The van der Waals surface area contributed by atoms with Crippen molar-refractivity contribution in [3.05, 3.63) is 51.7 Å². The number of benzene rings is 1. The van der Waals surface area contributed by atoms with E-state index in [1.807, 2.05) is 17.5 Å². The Morgan fingerprint density at radius 2 is 2.23 bits per heavy atom. The van der Waals surface area contributed by atoms with E-state index in [9.17, 15) is 4.79 Å². The summed E-state index contributed by atoms with van der Waals surface area (Å²) in [5, 5.41) is 1.98. The van der Waals surface area contributed by atoms with Crippen LogP contribution in [0.4, 0.5) is 5.69 Å². The molecule has 4 heteroatoms. The number of anilines is 1. The molecule has 1 amide bonds. The van der Waals surface area contributed by atoms with E-state index in [0.717, 1.165) is 30.1 Å². The minimum Gasteiger partial charge on any atom is -0.337 e. The molecule has 1 N–H and O–H groups in total. The maximum absolute atomic E-state index is 13.0. The number of rotatable bonds is 1. The number of aryl methyl sites for hydroxylation is 1. The molecule has 1 saturated heterocycles. The molecular weight excluding hydrogens is 292 g/mol. The van der Waals surface area contributed by atoms with Gasteiger partial charge in [-0.2, -0.15) is 0 Å². The number of hydrogen-bond acceptors (Lipinski definition) is 2. The molecule has 0 aliphatic carbocycles. The quantitative estimate of drug-likeness (QED) is 0.857. The molecule has 3 nitrogen and oxygen atoms in total. The number of piperidine rings is 1. The summed E-state index contributed by atoms with van der Waals surface area (Å²) < 4.78 is 0.